The summed E-state index contributed by atoms with van der Waals surface area (Å²) in [6, 6.07) is 23.1. The van der Waals surface area contributed by atoms with Crippen LogP contribution in [0, 0.1) is 0 Å². The molecule has 0 aliphatic carbocycles. The van der Waals surface area contributed by atoms with E-state index in [0.29, 0.717) is 5.69 Å². The van der Waals surface area contributed by atoms with Gasteiger partial charge in [0.25, 0.3) is 0 Å². The monoisotopic (exact) mass is 343 g/mol. The van der Waals surface area contributed by atoms with Gasteiger partial charge >= 0.3 is 0 Å². The molecule has 0 atom stereocenters. The summed E-state index contributed by atoms with van der Waals surface area (Å²) in [6.45, 7) is 0. The number of nitrogen functional groups attached to an aromatic ring is 1. The first kappa shape index (κ1) is 17.4. The molecule has 0 bridgehead atoms. The van der Waals surface area contributed by atoms with Gasteiger partial charge in [0.15, 0.2) is 0 Å². The highest BCUT2D eigenvalue weighted by Crippen LogP contribution is 2.22. The third-order valence-corrected chi connectivity index (χ3v) is 3.80. The van der Waals surface area contributed by atoms with Crippen molar-refractivity contribution in [1.82, 2.24) is 0 Å². The maximum atomic E-state index is 5.65. The van der Waals surface area contributed by atoms with Crippen molar-refractivity contribution >= 4 is 34.7 Å². The summed E-state index contributed by atoms with van der Waals surface area (Å²) in [7, 11) is 4.05. The van der Waals surface area contributed by atoms with E-state index in [9.17, 15) is 0 Å². The summed E-state index contributed by atoms with van der Waals surface area (Å²) in [5.41, 5.74) is 11.0. The molecule has 130 valence electrons. The van der Waals surface area contributed by atoms with Crippen LogP contribution in [0.2, 0.25) is 0 Å². The third-order valence-electron chi connectivity index (χ3n) is 3.80. The third kappa shape index (κ3) is 4.77. The Morgan fingerprint density at radius 2 is 1.19 bits per heavy atom. The van der Waals surface area contributed by atoms with Gasteiger partial charge in [-0.05, 0) is 66.2 Å². The fraction of sp³-hybridized carbons (Fsp3) is 0.0952. The molecule has 0 radical (unpaired) electrons. The Hall–Kier alpha value is -3.47. The second kappa shape index (κ2) is 8.07. The van der Waals surface area contributed by atoms with E-state index in [1.54, 1.807) is 12.1 Å². The Morgan fingerprint density at radius 3 is 1.73 bits per heavy atom. The van der Waals surface area contributed by atoms with E-state index in [1.807, 2.05) is 68.8 Å². The lowest BCUT2D eigenvalue weighted by molar-refractivity contribution is 1.13. The van der Waals surface area contributed by atoms with Crippen molar-refractivity contribution in [3.05, 3.63) is 78.4 Å². The summed E-state index contributed by atoms with van der Waals surface area (Å²) in [5, 5.41) is 8.41. The number of nitrogens with zero attached hydrogens (tertiary/aromatic N) is 4. The number of hydrogen-bond acceptors (Lipinski definition) is 5. The Balaban J connectivity index is 1.64. The van der Waals surface area contributed by atoms with E-state index >= 15 is 0 Å². The quantitative estimate of drug-likeness (QED) is 0.377. The van der Waals surface area contributed by atoms with Crippen LogP contribution >= 0.6 is 0 Å². The minimum absolute atomic E-state index is 0.711. The van der Waals surface area contributed by atoms with Crippen molar-refractivity contribution in [3.8, 4) is 0 Å². The second-order valence-electron chi connectivity index (χ2n) is 6.05. The Bertz CT molecular complexity index is 893. The Labute approximate surface area is 153 Å². The first-order chi connectivity index (χ1) is 12.6. The predicted octanol–water partition coefficient (Wildman–Crippen LogP) is 5.50. The van der Waals surface area contributed by atoms with E-state index in [2.05, 4.69) is 32.3 Å². The van der Waals surface area contributed by atoms with Crippen LogP contribution in [-0.4, -0.2) is 20.3 Å². The molecular formula is C21H21N5. The number of benzene rings is 3. The maximum Gasteiger partial charge on any atom is 0.0858 e. The zero-order valence-corrected chi connectivity index (χ0v) is 14.9. The molecule has 5 nitrogen and oxygen atoms in total. The lowest BCUT2D eigenvalue weighted by Gasteiger charge is -2.11. The van der Waals surface area contributed by atoms with Gasteiger partial charge in [0, 0.05) is 31.7 Å². The summed E-state index contributed by atoms with van der Waals surface area (Å²) in [4.78, 5) is 6.56. The molecule has 0 fully saturated rings. The van der Waals surface area contributed by atoms with Crippen LogP contribution in [0.25, 0.3) is 0 Å². The van der Waals surface area contributed by atoms with Gasteiger partial charge in [-0.25, -0.2) is 0 Å². The van der Waals surface area contributed by atoms with Crippen molar-refractivity contribution in [3.63, 3.8) is 0 Å². The van der Waals surface area contributed by atoms with Crippen molar-refractivity contribution in [2.75, 3.05) is 24.7 Å². The molecule has 0 saturated carbocycles. The zero-order chi connectivity index (χ0) is 18.4. The first-order valence-electron chi connectivity index (χ1n) is 8.29. The summed E-state index contributed by atoms with van der Waals surface area (Å²) in [5.74, 6) is 0. The maximum absolute atomic E-state index is 5.65. The second-order valence-corrected chi connectivity index (χ2v) is 6.05. The average molecular weight is 343 g/mol. The average Bonchev–Trinajstić information content (AvgIpc) is 2.67. The van der Waals surface area contributed by atoms with E-state index in [4.69, 9.17) is 5.73 Å². The van der Waals surface area contributed by atoms with E-state index < -0.39 is 0 Å². The van der Waals surface area contributed by atoms with Gasteiger partial charge in [0.05, 0.1) is 17.1 Å². The minimum atomic E-state index is 0.711. The van der Waals surface area contributed by atoms with Gasteiger partial charge in [-0.15, -0.1) is 0 Å². The molecule has 0 heterocycles. The zero-order valence-electron chi connectivity index (χ0n) is 14.9. The number of aliphatic imine (C=N–C) groups is 1. The molecule has 2 N–H and O–H groups in total. The molecule has 3 aromatic rings. The van der Waals surface area contributed by atoms with Crippen molar-refractivity contribution in [2.24, 2.45) is 15.2 Å². The summed E-state index contributed by atoms with van der Waals surface area (Å²) >= 11 is 0. The normalized spacial score (nSPS) is 11.3. The number of rotatable bonds is 5. The molecule has 3 rings (SSSR count). The topological polar surface area (TPSA) is 66.3 Å². The molecule has 5 heteroatoms. The molecule has 3 aromatic carbocycles. The number of hydrogen-bond donors (Lipinski definition) is 1. The van der Waals surface area contributed by atoms with Gasteiger partial charge in [-0.1, -0.05) is 12.1 Å². The number of nitrogens with two attached hydrogens (primary N) is 1. The number of azo groups is 1. The van der Waals surface area contributed by atoms with Crippen molar-refractivity contribution in [1.29, 1.82) is 0 Å². The molecule has 0 spiro atoms. The Morgan fingerprint density at radius 1 is 0.692 bits per heavy atom. The number of anilines is 2. The van der Waals surface area contributed by atoms with Gasteiger partial charge in [-0.2, -0.15) is 10.2 Å². The molecular weight excluding hydrogens is 322 g/mol. The fourth-order valence-corrected chi connectivity index (χ4v) is 2.27. The van der Waals surface area contributed by atoms with Crippen LogP contribution in [0.5, 0.6) is 0 Å². The highest BCUT2D eigenvalue weighted by Gasteiger charge is 1.95. The molecule has 0 aliphatic rings. The molecule has 0 aliphatic heterocycles. The summed E-state index contributed by atoms with van der Waals surface area (Å²) in [6.07, 6.45) is 1.85. The van der Waals surface area contributed by atoms with Gasteiger partial charge in [-0.3, -0.25) is 4.99 Å². The molecule has 26 heavy (non-hydrogen) atoms. The van der Waals surface area contributed by atoms with Gasteiger partial charge in [0.1, 0.15) is 0 Å². The van der Waals surface area contributed by atoms with Crippen LogP contribution < -0.4 is 10.6 Å². The highest BCUT2D eigenvalue weighted by atomic mass is 15.1. The SMILES string of the molecule is CN(C)c1ccc(C=Nc2ccc(N=Nc3ccc(N)cc3)cc2)cc1. The van der Waals surface area contributed by atoms with E-state index in [1.165, 1.54) is 0 Å². The van der Waals surface area contributed by atoms with Gasteiger partial charge < -0.3 is 10.6 Å². The lowest BCUT2D eigenvalue weighted by atomic mass is 10.2. The minimum Gasteiger partial charge on any atom is -0.399 e. The standard InChI is InChI=1S/C21H21N5/c1-26(2)21-13-3-16(4-14-21)15-23-18-9-11-20(12-10-18)25-24-19-7-5-17(22)6-8-19/h3-15H,22H2,1-2H3. The lowest BCUT2D eigenvalue weighted by Crippen LogP contribution is -2.08. The Kier molecular flexibility index (Phi) is 5.39. The van der Waals surface area contributed by atoms with Crippen LogP contribution in [0.15, 0.2) is 88.0 Å². The molecule has 0 aromatic heterocycles. The predicted molar refractivity (Wildman–Crippen MR) is 109 cm³/mol. The highest BCUT2D eigenvalue weighted by molar-refractivity contribution is 5.82. The van der Waals surface area contributed by atoms with Crippen LogP contribution in [0.4, 0.5) is 28.4 Å². The smallest absolute Gasteiger partial charge is 0.0858 e. The van der Waals surface area contributed by atoms with Crippen molar-refractivity contribution < 1.29 is 0 Å². The molecule has 0 unspecified atom stereocenters. The van der Waals surface area contributed by atoms with E-state index in [-0.39, 0.29) is 0 Å². The van der Waals surface area contributed by atoms with E-state index in [0.717, 1.165) is 28.3 Å². The van der Waals surface area contributed by atoms with Crippen molar-refractivity contribution in [2.45, 2.75) is 0 Å². The van der Waals surface area contributed by atoms with Gasteiger partial charge in [0.2, 0.25) is 0 Å². The largest absolute Gasteiger partial charge is 0.399 e. The van der Waals surface area contributed by atoms with Crippen LogP contribution in [-0.2, 0) is 0 Å². The van der Waals surface area contributed by atoms with Crippen LogP contribution in [0.3, 0.4) is 0 Å². The fourth-order valence-electron chi connectivity index (χ4n) is 2.27. The van der Waals surface area contributed by atoms with Crippen LogP contribution in [0.1, 0.15) is 5.56 Å². The summed E-state index contributed by atoms with van der Waals surface area (Å²) < 4.78 is 0. The first-order valence-corrected chi connectivity index (χ1v) is 8.29. The molecule has 0 saturated heterocycles. The molecule has 0 amide bonds.